The lowest BCUT2D eigenvalue weighted by molar-refractivity contribution is -0.121. The van der Waals surface area contributed by atoms with Gasteiger partial charge in [0, 0.05) is 11.4 Å². The highest BCUT2D eigenvalue weighted by molar-refractivity contribution is 6.35. The number of phenolic OH excluding ortho intramolecular Hbond substituents is 1. The van der Waals surface area contributed by atoms with E-state index in [4.69, 9.17) is 32.7 Å². The van der Waals surface area contributed by atoms with Crippen LogP contribution in [0.4, 0.5) is 0 Å². The topological polar surface area (TPSA) is 80.2 Å². The van der Waals surface area contributed by atoms with Crippen molar-refractivity contribution in [3.8, 4) is 17.2 Å². The standard InChI is InChI=1S/C18H18Cl2N2O4/c1-25-17-6-4-12(9-15(17)23)11-21-22-18(24)3-2-8-26-16-7-5-13(19)10-14(16)20/h4-7,9-11,23H,2-3,8H2,1H3,(H,22,24)/b21-11-. The first-order valence-corrected chi connectivity index (χ1v) is 8.52. The van der Waals surface area contributed by atoms with Gasteiger partial charge in [-0.1, -0.05) is 23.2 Å². The van der Waals surface area contributed by atoms with E-state index < -0.39 is 0 Å². The van der Waals surface area contributed by atoms with Crippen LogP contribution in [0.5, 0.6) is 17.2 Å². The summed E-state index contributed by atoms with van der Waals surface area (Å²) in [5.74, 6) is 0.645. The summed E-state index contributed by atoms with van der Waals surface area (Å²) in [7, 11) is 1.47. The second-order valence-electron chi connectivity index (χ2n) is 5.25. The van der Waals surface area contributed by atoms with Crippen LogP contribution in [0.25, 0.3) is 0 Å². The van der Waals surface area contributed by atoms with Crippen LogP contribution in [0.15, 0.2) is 41.5 Å². The van der Waals surface area contributed by atoms with Crippen molar-refractivity contribution in [1.29, 1.82) is 0 Å². The van der Waals surface area contributed by atoms with Gasteiger partial charge < -0.3 is 14.6 Å². The maximum absolute atomic E-state index is 11.7. The van der Waals surface area contributed by atoms with Gasteiger partial charge >= 0.3 is 0 Å². The number of nitrogens with zero attached hydrogens (tertiary/aromatic N) is 1. The van der Waals surface area contributed by atoms with Crippen LogP contribution in [0, 0.1) is 0 Å². The number of halogens is 2. The number of methoxy groups -OCH3 is 1. The molecule has 0 heterocycles. The summed E-state index contributed by atoms with van der Waals surface area (Å²) in [5, 5.41) is 14.5. The lowest BCUT2D eigenvalue weighted by Gasteiger charge is -2.07. The number of rotatable bonds is 8. The normalized spacial score (nSPS) is 10.7. The van der Waals surface area contributed by atoms with E-state index >= 15 is 0 Å². The van der Waals surface area contributed by atoms with Gasteiger partial charge in [0.1, 0.15) is 5.75 Å². The number of hydrazone groups is 1. The second-order valence-corrected chi connectivity index (χ2v) is 6.09. The predicted octanol–water partition coefficient (Wildman–Crippen LogP) is 4.02. The van der Waals surface area contributed by atoms with Crippen molar-refractivity contribution in [3.05, 3.63) is 52.0 Å². The average molecular weight is 397 g/mol. The van der Waals surface area contributed by atoms with Crippen LogP contribution < -0.4 is 14.9 Å². The zero-order valence-electron chi connectivity index (χ0n) is 14.0. The quantitative estimate of drug-likeness (QED) is 0.401. The number of carbonyl (C=O) groups is 1. The minimum atomic E-state index is -0.246. The molecule has 2 rings (SSSR count). The molecule has 1 amide bonds. The Bertz CT molecular complexity index is 797. The van der Waals surface area contributed by atoms with Crippen molar-refractivity contribution in [2.75, 3.05) is 13.7 Å². The fourth-order valence-corrected chi connectivity index (χ4v) is 2.49. The van der Waals surface area contributed by atoms with Gasteiger partial charge in [-0.05, 0) is 48.4 Å². The summed E-state index contributed by atoms with van der Waals surface area (Å²) >= 11 is 11.8. The van der Waals surface area contributed by atoms with Gasteiger partial charge in [0.25, 0.3) is 0 Å². The Morgan fingerprint density at radius 1 is 1.23 bits per heavy atom. The molecule has 0 radical (unpaired) electrons. The van der Waals surface area contributed by atoms with Crippen LogP contribution in [0.1, 0.15) is 18.4 Å². The van der Waals surface area contributed by atoms with E-state index in [2.05, 4.69) is 10.5 Å². The summed E-state index contributed by atoms with van der Waals surface area (Å²) in [4.78, 5) is 11.7. The Balaban J connectivity index is 1.71. The molecule has 0 atom stereocenters. The summed E-state index contributed by atoms with van der Waals surface area (Å²) in [6.45, 7) is 0.338. The minimum Gasteiger partial charge on any atom is -0.504 e. The highest BCUT2D eigenvalue weighted by atomic mass is 35.5. The van der Waals surface area contributed by atoms with Crippen molar-refractivity contribution < 1.29 is 19.4 Å². The third-order valence-corrected chi connectivity index (χ3v) is 3.84. The molecule has 0 bridgehead atoms. The van der Waals surface area contributed by atoms with Crippen LogP contribution in [0.3, 0.4) is 0 Å². The Morgan fingerprint density at radius 2 is 2.00 bits per heavy atom. The van der Waals surface area contributed by atoms with Gasteiger partial charge in [0.15, 0.2) is 11.5 Å². The van der Waals surface area contributed by atoms with Gasteiger partial charge in [0.05, 0.1) is 25.0 Å². The van der Waals surface area contributed by atoms with Gasteiger partial charge in [0.2, 0.25) is 5.91 Å². The third kappa shape index (κ3) is 6.13. The summed E-state index contributed by atoms with van der Waals surface area (Å²) in [6, 6.07) is 9.76. The molecule has 0 aliphatic rings. The molecule has 8 heteroatoms. The Kier molecular flexibility index (Phi) is 7.56. The number of ether oxygens (including phenoxy) is 2. The van der Waals surface area contributed by atoms with E-state index in [9.17, 15) is 9.90 Å². The summed E-state index contributed by atoms with van der Waals surface area (Å²) in [5.41, 5.74) is 3.04. The number of phenols is 1. The number of benzene rings is 2. The molecule has 2 aromatic carbocycles. The molecule has 0 aromatic heterocycles. The van der Waals surface area contributed by atoms with Crippen LogP contribution in [-0.2, 0) is 4.79 Å². The maximum atomic E-state index is 11.7. The Morgan fingerprint density at radius 3 is 2.69 bits per heavy atom. The first kappa shape index (κ1) is 19.9. The number of hydrogen-bond donors (Lipinski definition) is 2. The molecule has 6 nitrogen and oxygen atoms in total. The number of carbonyl (C=O) groups excluding carboxylic acids is 1. The molecular weight excluding hydrogens is 379 g/mol. The number of aromatic hydroxyl groups is 1. The molecule has 138 valence electrons. The van der Waals surface area contributed by atoms with Gasteiger partial charge in [-0.25, -0.2) is 5.43 Å². The van der Waals surface area contributed by atoms with Crippen molar-refractivity contribution in [1.82, 2.24) is 5.43 Å². The summed E-state index contributed by atoms with van der Waals surface area (Å²) < 4.78 is 10.5. The number of nitrogens with one attached hydrogen (secondary N) is 1. The molecule has 26 heavy (non-hydrogen) atoms. The fraction of sp³-hybridized carbons (Fsp3) is 0.222. The Hall–Kier alpha value is -2.44. The van der Waals surface area contributed by atoms with Gasteiger partial charge in [-0.3, -0.25) is 4.79 Å². The zero-order valence-corrected chi connectivity index (χ0v) is 15.5. The van der Waals surface area contributed by atoms with Gasteiger partial charge in [-0.2, -0.15) is 5.10 Å². The monoisotopic (exact) mass is 396 g/mol. The van der Waals surface area contributed by atoms with Crippen LogP contribution >= 0.6 is 23.2 Å². The second kappa shape index (κ2) is 9.89. The fourth-order valence-electron chi connectivity index (χ4n) is 2.03. The highest BCUT2D eigenvalue weighted by Crippen LogP contribution is 2.27. The Labute approximate surface area is 161 Å². The number of hydrogen-bond acceptors (Lipinski definition) is 5. The van der Waals surface area contributed by atoms with E-state index in [1.165, 1.54) is 19.4 Å². The van der Waals surface area contributed by atoms with E-state index in [0.717, 1.165) is 0 Å². The predicted molar refractivity (Wildman–Crippen MR) is 102 cm³/mol. The molecule has 0 saturated heterocycles. The molecule has 2 aromatic rings. The SMILES string of the molecule is COc1ccc(/C=N\NC(=O)CCCOc2ccc(Cl)cc2Cl)cc1O. The average Bonchev–Trinajstić information content (AvgIpc) is 2.60. The highest BCUT2D eigenvalue weighted by Gasteiger charge is 2.04. The molecule has 2 N–H and O–H groups in total. The van der Waals surface area contributed by atoms with Crippen molar-refractivity contribution >= 4 is 35.3 Å². The van der Waals surface area contributed by atoms with Crippen molar-refractivity contribution in [2.45, 2.75) is 12.8 Å². The van der Waals surface area contributed by atoms with E-state index in [0.29, 0.717) is 40.1 Å². The van der Waals surface area contributed by atoms with E-state index in [1.807, 2.05) is 0 Å². The van der Waals surface area contributed by atoms with Crippen LogP contribution in [-0.4, -0.2) is 30.9 Å². The first-order chi connectivity index (χ1) is 12.5. The van der Waals surface area contributed by atoms with E-state index in [1.54, 1.807) is 30.3 Å². The van der Waals surface area contributed by atoms with Gasteiger partial charge in [-0.15, -0.1) is 0 Å². The van der Waals surface area contributed by atoms with Crippen LogP contribution in [0.2, 0.25) is 10.0 Å². The lowest BCUT2D eigenvalue weighted by atomic mass is 10.2. The molecule has 0 unspecified atom stereocenters. The number of amides is 1. The smallest absolute Gasteiger partial charge is 0.240 e. The summed E-state index contributed by atoms with van der Waals surface area (Å²) in [6.07, 6.45) is 2.18. The maximum Gasteiger partial charge on any atom is 0.240 e. The van der Waals surface area contributed by atoms with E-state index in [-0.39, 0.29) is 18.1 Å². The molecule has 0 fully saturated rings. The lowest BCUT2D eigenvalue weighted by Crippen LogP contribution is -2.18. The van der Waals surface area contributed by atoms with Crippen molar-refractivity contribution in [2.24, 2.45) is 5.10 Å². The molecule has 0 spiro atoms. The largest absolute Gasteiger partial charge is 0.504 e. The first-order valence-electron chi connectivity index (χ1n) is 7.76. The third-order valence-electron chi connectivity index (χ3n) is 3.31. The molecular formula is C18H18Cl2N2O4. The van der Waals surface area contributed by atoms with Crippen molar-refractivity contribution in [3.63, 3.8) is 0 Å². The molecule has 0 aliphatic heterocycles. The molecule has 0 aliphatic carbocycles. The molecule has 0 saturated carbocycles. The minimum absolute atomic E-state index is 0.000727. The zero-order chi connectivity index (χ0) is 18.9.